The summed E-state index contributed by atoms with van der Waals surface area (Å²) in [5.41, 5.74) is 1.82. The molecule has 20 heavy (non-hydrogen) atoms. The predicted molar refractivity (Wildman–Crippen MR) is 90.7 cm³/mol. The standard InChI is InChI=1S/C15H14BrFINO/c1-19-15(11-8-10(18)4-5-13(11)16)12-7-9(17)3-6-14(12)20-2/h3-8,15,19H,1-2H3. The van der Waals surface area contributed by atoms with Crippen molar-refractivity contribution in [3.63, 3.8) is 0 Å². The van der Waals surface area contributed by atoms with Crippen LogP contribution < -0.4 is 10.1 Å². The number of hydrogen-bond donors (Lipinski definition) is 1. The summed E-state index contributed by atoms with van der Waals surface area (Å²) >= 11 is 5.82. The Kier molecular flexibility index (Phi) is 5.40. The molecule has 0 fully saturated rings. The van der Waals surface area contributed by atoms with Gasteiger partial charge in [0.25, 0.3) is 0 Å². The molecule has 0 aliphatic heterocycles. The van der Waals surface area contributed by atoms with Crippen LogP contribution in [0.25, 0.3) is 0 Å². The molecule has 0 aliphatic rings. The summed E-state index contributed by atoms with van der Waals surface area (Å²) in [6.45, 7) is 0. The van der Waals surface area contributed by atoms with Crippen molar-refractivity contribution in [2.45, 2.75) is 6.04 Å². The van der Waals surface area contributed by atoms with E-state index in [9.17, 15) is 4.39 Å². The van der Waals surface area contributed by atoms with Gasteiger partial charge in [-0.15, -0.1) is 0 Å². The van der Waals surface area contributed by atoms with Gasteiger partial charge in [0.2, 0.25) is 0 Å². The van der Waals surface area contributed by atoms with Gasteiger partial charge in [0.05, 0.1) is 13.2 Å². The van der Waals surface area contributed by atoms with Crippen molar-refractivity contribution in [3.8, 4) is 5.75 Å². The molecule has 0 heterocycles. The lowest BCUT2D eigenvalue weighted by molar-refractivity contribution is 0.404. The topological polar surface area (TPSA) is 21.3 Å². The van der Waals surface area contributed by atoms with Crippen LogP contribution in [0.5, 0.6) is 5.75 Å². The number of methoxy groups -OCH3 is 1. The zero-order valence-corrected chi connectivity index (χ0v) is 14.8. The van der Waals surface area contributed by atoms with Gasteiger partial charge in [-0.05, 0) is 71.6 Å². The average Bonchev–Trinajstić information content (AvgIpc) is 2.44. The molecule has 0 saturated carbocycles. The Balaban J connectivity index is 2.57. The van der Waals surface area contributed by atoms with Gasteiger partial charge < -0.3 is 10.1 Å². The van der Waals surface area contributed by atoms with E-state index in [0.29, 0.717) is 5.75 Å². The van der Waals surface area contributed by atoms with Crippen LogP contribution in [0.2, 0.25) is 0 Å². The lowest BCUT2D eigenvalue weighted by atomic mass is 9.98. The molecule has 2 rings (SSSR count). The first-order valence-corrected chi connectivity index (χ1v) is 7.89. The van der Waals surface area contributed by atoms with Gasteiger partial charge in [-0.1, -0.05) is 15.9 Å². The number of halogens is 3. The summed E-state index contributed by atoms with van der Waals surface area (Å²) in [5, 5.41) is 3.22. The number of benzene rings is 2. The lowest BCUT2D eigenvalue weighted by Gasteiger charge is -2.21. The molecule has 0 spiro atoms. The Bertz CT molecular complexity index is 621. The fourth-order valence-electron chi connectivity index (χ4n) is 2.15. The molecule has 2 aromatic rings. The molecule has 0 bridgehead atoms. The van der Waals surface area contributed by atoms with Crippen LogP contribution in [0.1, 0.15) is 17.2 Å². The van der Waals surface area contributed by atoms with Crippen molar-refractivity contribution in [2.24, 2.45) is 0 Å². The molecule has 1 N–H and O–H groups in total. The summed E-state index contributed by atoms with van der Waals surface area (Å²) in [6, 6.07) is 10.5. The zero-order chi connectivity index (χ0) is 14.7. The van der Waals surface area contributed by atoms with E-state index in [1.54, 1.807) is 13.2 Å². The normalized spacial score (nSPS) is 12.2. The highest BCUT2D eigenvalue weighted by atomic mass is 127. The molecule has 0 aliphatic carbocycles. The number of rotatable bonds is 4. The fourth-order valence-corrected chi connectivity index (χ4v) is 3.14. The van der Waals surface area contributed by atoms with Crippen LogP contribution in [0.4, 0.5) is 4.39 Å². The zero-order valence-electron chi connectivity index (χ0n) is 11.1. The maximum atomic E-state index is 13.6. The van der Waals surface area contributed by atoms with Crippen molar-refractivity contribution >= 4 is 38.5 Å². The molecule has 0 saturated heterocycles. The van der Waals surface area contributed by atoms with Gasteiger partial charge in [0.1, 0.15) is 11.6 Å². The first-order valence-electron chi connectivity index (χ1n) is 6.02. The lowest BCUT2D eigenvalue weighted by Crippen LogP contribution is -2.19. The average molecular weight is 450 g/mol. The Morgan fingerprint density at radius 2 is 1.95 bits per heavy atom. The maximum absolute atomic E-state index is 13.6. The summed E-state index contributed by atoms with van der Waals surface area (Å²) < 4.78 is 21.0. The van der Waals surface area contributed by atoms with Gasteiger partial charge in [-0.2, -0.15) is 0 Å². The molecule has 1 unspecified atom stereocenters. The minimum absolute atomic E-state index is 0.148. The molecule has 0 radical (unpaired) electrons. The first-order chi connectivity index (χ1) is 9.56. The number of hydrogen-bond acceptors (Lipinski definition) is 2. The van der Waals surface area contributed by atoms with Gasteiger partial charge in [-0.3, -0.25) is 0 Å². The number of ether oxygens (including phenoxy) is 1. The summed E-state index contributed by atoms with van der Waals surface area (Å²) in [7, 11) is 3.44. The fraction of sp³-hybridized carbons (Fsp3) is 0.200. The molecular formula is C15H14BrFINO. The minimum Gasteiger partial charge on any atom is -0.496 e. The Morgan fingerprint density at radius 3 is 2.60 bits per heavy atom. The van der Waals surface area contributed by atoms with Gasteiger partial charge in [-0.25, -0.2) is 4.39 Å². The first kappa shape index (κ1) is 15.7. The SMILES string of the molecule is CNC(c1cc(I)ccc1Br)c1cc(F)ccc1OC. The second-order valence-electron chi connectivity index (χ2n) is 4.27. The van der Waals surface area contributed by atoms with Crippen molar-refractivity contribution in [3.05, 3.63) is 61.4 Å². The van der Waals surface area contributed by atoms with E-state index in [2.05, 4.69) is 49.9 Å². The van der Waals surface area contributed by atoms with Crippen LogP contribution >= 0.6 is 38.5 Å². The van der Waals surface area contributed by atoms with Crippen molar-refractivity contribution < 1.29 is 9.13 Å². The van der Waals surface area contributed by atoms with Gasteiger partial charge in [0, 0.05) is 13.6 Å². The third-order valence-electron chi connectivity index (χ3n) is 3.06. The molecule has 0 amide bonds. The molecule has 2 aromatic carbocycles. The third kappa shape index (κ3) is 3.32. The van der Waals surface area contributed by atoms with Gasteiger partial charge in [0.15, 0.2) is 0 Å². The largest absolute Gasteiger partial charge is 0.496 e. The quantitative estimate of drug-likeness (QED) is 0.693. The summed E-state index contributed by atoms with van der Waals surface area (Å²) in [4.78, 5) is 0. The predicted octanol–water partition coefficient (Wildman–Crippen LogP) is 4.51. The molecular weight excluding hydrogens is 436 g/mol. The van der Waals surface area contributed by atoms with E-state index in [0.717, 1.165) is 19.2 Å². The van der Waals surface area contributed by atoms with Crippen molar-refractivity contribution in [1.29, 1.82) is 0 Å². The monoisotopic (exact) mass is 449 g/mol. The Morgan fingerprint density at radius 1 is 1.20 bits per heavy atom. The van der Waals surface area contributed by atoms with Crippen LogP contribution in [0, 0.1) is 9.39 Å². The summed E-state index contributed by atoms with van der Waals surface area (Å²) in [6.07, 6.45) is 0. The van der Waals surface area contributed by atoms with E-state index in [-0.39, 0.29) is 11.9 Å². The molecule has 5 heteroatoms. The highest BCUT2D eigenvalue weighted by Gasteiger charge is 2.20. The Hall–Kier alpha value is -0.660. The van der Waals surface area contributed by atoms with Crippen LogP contribution in [-0.4, -0.2) is 14.2 Å². The van der Waals surface area contributed by atoms with Crippen LogP contribution in [-0.2, 0) is 0 Å². The van der Waals surface area contributed by atoms with E-state index < -0.39 is 0 Å². The van der Waals surface area contributed by atoms with E-state index >= 15 is 0 Å². The highest BCUT2D eigenvalue weighted by Crippen LogP contribution is 2.34. The van der Waals surface area contributed by atoms with E-state index in [1.165, 1.54) is 12.1 Å². The van der Waals surface area contributed by atoms with Crippen molar-refractivity contribution in [2.75, 3.05) is 14.2 Å². The van der Waals surface area contributed by atoms with E-state index in [1.807, 2.05) is 19.2 Å². The number of nitrogens with one attached hydrogen (secondary N) is 1. The van der Waals surface area contributed by atoms with Crippen molar-refractivity contribution in [1.82, 2.24) is 5.32 Å². The highest BCUT2D eigenvalue weighted by molar-refractivity contribution is 14.1. The second-order valence-corrected chi connectivity index (χ2v) is 6.37. The van der Waals surface area contributed by atoms with Crippen LogP contribution in [0.3, 0.4) is 0 Å². The van der Waals surface area contributed by atoms with Crippen LogP contribution in [0.15, 0.2) is 40.9 Å². The Labute approximate surface area is 140 Å². The molecule has 1 atom stereocenters. The maximum Gasteiger partial charge on any atom is 0.124 e. The van der Waals surface area contributed by atoms with Gasteiger partial charge >= 0.3 is 0 Å². The molecule has 0 aromatic heterocycles. The molecule has 106 valence electrons. The second kappa shape index (κ2) is 6.87. The van der Waals surface area contributed by atoms with E-state index in [4.69, 9.17) is 4.74 Å². The minimum atomic E-state index is -0.275. The smallest absolute Gasteiger partial charge is 0.124 e. The third-order valence-corrected chi connectivity index (χ3v) is 4.45. The molecule has 2 nitrogen and oxygen atoms in total. The summed E-state index contributed by atoms with van der Waals surface area (Å²) in [5.74, 6) is 0.388.